The smallest absolute Gasteiger partial charge is 0.172 e. The first-order chi connectivity index (χ1) is 8.78. The summed E-state index contributed by atoms with van der Waals surface area (Å²) in [6, 6.07) is 4.23. The zero-order chi connectivity index (χ0) is 12.5. The van der Waals surface area contributed by atoms with Gasteiger partial charge in [-0.2, -0.15) is 0 Å². The number of aryl methyl sites for hydroxylation is 1. The number of hydrogen-bond acceptors (Lipinski definition) is 4. The largest absolute Gasteiger partial charge is 0.370 e. The molecule has 1 aliphatic carbocycles. The monoisotopic (exact) mass is 259 g/mol. The highest BCUT2D eigenvalue weighted by Crippen LogP contribution is 2.40. The first-order valence-corrected chi connectivity index (χ1v) is 7.33. The normalized spacial score (nSPS) is 14.8. The van der Waals surface area contributed by atoms with E-state index >= 15 is 0 Å². The molecule has 3 rings (SSSR count). The first kappa shape index (κ1) is 11.7. The van der Waals surface area contributed by atoms with Crippen LogP contribution in [-0.4, -0.2) is 16.5 Å². The summed E-state index contributed by atoms with van der Waals surface area (Å²) >= 11 is 1.72. The molecule has 0 aliphatic heterocycles. The van der Waals surface area contributed by atoms with Gasteiger partial charge in [0.25, 0.3) is 0 Å². The predicted octanol–water partition coefficient (Wildman–Crippen LogP) is 3.82. The third-order valence-electron chi connectivity index (χ3n) is 3.16. The van der Waals surface area contributed by atoms with Gasteiger partial charge in [-0.1, -0.05) is 0 Å². The molecule has 0 radical (unpaired) electrons. The Hall–Kier alpha value is -1.42. The molecule has 1 N–H and O–H groups in total. The summed E-state index contributed by atoms with van der Waals surface area (Å²) in [4.78, 5) is 10.6. The second-order valence-electron chi connectivity index (χ2n) is 4.74. The van der Waals surface area contributed by atoms with Crippen LogP contribution in [0.5, 0.6) is 0 Å². The van der Waals surface area contributed by atoms with Crippen molar-refractivity contribution in [2.45, 2.75) is 32.6 Å². The summed E-state index contributed by atoms with van der Waals surface area (Å²) in [5.41, 5.74) is 2.46. The fourth-order valence-corrected chi connectivity index (χ4v) is 2.89. The van der Waals surface area contributed by atoms with E-state index in [-0.39, 0.29) is 0 Å². The number of nitrogens with zero attached hydrogens (tertiary/aromatic N) is 2. The minimum Gasteiger partial charge on any atom is -0.370 e. The van der Waals surface area contributed by atoms with Gasteiger partial charge in [0, 0.05) is 24.2 Å². The zero-order valence-electron chi connectivity index (χ0n) is 10.7. The molecule has 0 saturated heterocycles. The van der Waals surface area contributed by atoms with Crippen LogP contribution in [0.1, 0.15) is 36.9 Å². The van der Waals surface area contributed by atoms with Gasteiger partial charge >= 0.3 is 0 Å². The molecule has 2 heterocycles. The Kier molecular flexibility index (Phi) is 3.04. The third kappa shape index (κ3) is 2.25. The highest BCUT2D eigenvalue weighted by Gasteiger charge is 2.26. The summed E-state index contributed by atoms with van der Waals surface area (Å²) in [5.74, 6) is 2.49. The van der Waals surface area contributed by atoms with Gasteiger partial charge in [0.15, 0.2) is 5.82 Å². The number of anilines is 1. The Morgan fingerprint density at radius 1 is 1.39 bits per heavy atom. The maximum atomic E-state index is 4.74. The van der Waals surface area contributed by atoms with Gasteiger partial charge in [-0.05, 0) is 43.7 Å². The van der Waals surface area contributed by atoms with Gasteiger partial charge < -0.3 is 5.32 Å². The molecule has 1 fully saturated rings. The van der Waals surface area contributed by atoms with Gasteiger partial charge in [0.05, 0.1) is 4.88 Å². The molecule has 4 heteroatoms. The van der Waals surface area contributed by atoms with Crippen LogP contribution in [0, 0.1) is 6.92 Å². The highest BCUT2D eigenvalue weighted by molar-refractivity contribution is 7.13. The van der Waals surface area contributed by atoms with Gasteiger partial charge in [-0.3, -0.25) is 0 Å². The van der Waals surface area contributed by atoms with Crippen molar-refractivity contribution in [2.24, 2.45) is 0 Å². The molecule has 2 aromatic rings. The molecule has 94 valence electrons. The predicted molar refractivity (Wildman–Crippen MR) is 76.2 cm³/mol. The third-order valence-corrected chi connectivity index (χ3v) is 4.18. The van der Waals surface area contributed by atoms with E-state index in [1.54, 1.807) is 11.3 Å². The van der Waals surface area contributed by atoms with Crippen LogP contribution < -0.4 is 5.32 Å². The van der Waals surface area contributed by atoms with Crippen LogP contribution in [-0.2, 0) is 0 Å². The summed E-state index contributed by atoms with van der Waals surface area (Å²) in [7, 11) is 0. The molecule has 0 amide bonds. The van der Waals surface area contributed by atoms with Crippen molar-refractivity contribution in [2.75, 3.05) is 11.9 Å². The average molecular weight is 259 g/mol. The second kappa shape index (κ2) is 4.69. The Balaban J connectivity index is 2.04. The lowest BCUT2D eigenvalue weighted by molar-refractivity contribution is 0.989. The van der Waals surface area contributed by atoms with E-state index in [9.17, 15) is 0 Å². The highest BCUT2D eigenvalue weighted by atomic mass is 32.1. The van der Waals surface area contributed by atoms with Crippen molar-refractivity contribution in [3.05, 3.63) is 28.8 Å². The van der Waals surface area contributed by atoms with Gasteiger partial charge in [0.2, 0.25) is 0 Å². The molecular formula is C14H17N3S. The SMILES string of the molecule is CCNc1cc(C2CC2)nc(-c2sccc2C)n1. The number of aromatic nitrogens is 2. The van der Waals surface area contributed by atoms with E-state index in [1.807, 2.05) is 0 Å². The molecule has 0 bridgehead atoms. The van der Waals surface area contributed by atoms with Crippen LogP contribution in [0.25, 0.3) is 10.7 Å². The lowest BCUT2D eigenvalue weighted by Gasteiger charge is -2.08. The van der Waals surface area contributed by atoms with E-state index in [0.717, 1.165) is 18.2 Å². The Bertz CT molecular complexity index is 558. The van der Waals surface area contributed by atoms with Gasteiger partial charge in [0.1, 0.15) is 5.82 Å². The lowest BCUT2D eigenvalue weighted by atomic mass is 10.2. The van der Waals surface area contributed by atoms with Gasteiger partial charge in [-0.15, -0.1) is 11.3 Å². The van der Waals surface area contributed by atoms with E-state index in [0.29, 0.717) is 5.92 Å². The number of thiophene rings is 1. The van der Waals surface area contributed by atoms with Crippen LogP contribution >= 0.6 is 11.3 Å². The number of rotatable bonds is 4. The minimum absolute atomic E-state index is 0.657. The molecule has 18 heavy (non-hydrogen) atoms. The van der Waals surface area contributed by atoms with Gasteiger partial charge in [-0.25, -0.2) is 9.97 Å². The standard InChI is InChI=1S/C14H17N3S/c1-3-15-12-8-11(10-4-5-10)16-14(17-12)13-9(2)6-7-18-13/h6-8,10H,3-5H2,1-2H3,(H,15,16,17). The topological polar surface area (TPSA) is 37.8 Å². The average Bonchev–Trinajstić information content (AvgIpc) is 3.12. The van der Waals surface area contributed by atoms with Crippen molar-refractivity contribution in [1.29, 1.82) is 0 Å². The summed E-state index contributed by atoms with van der Waals surface area (Å²) in [5, 5.41) is 5.41. The van der Waals surface area contributed by atoms with E-state index < -0.39 is 0 Å². The van der Waals surface area contributed by atoms with Crippen LogP contribution in [0.15, 0.2) is 17.5 Å². The van der Waals surface area contributed by atoms with E-state index in [1.165, 1.54) is 29.0 Å². The number of hydrogen-bond donors (Lipinski definition) is 1. The molecule has 3 nitrogen and oxygen atoms in total. The molecule has 0 aromatic carbocycles. The molecule has 1 saturated carbocycles. The molecule has 0 atom stereocenters. The molecule has 0 unspecified atom stereocenters. The van der Waals surface area contributed by atoms with Crippen molar-refractivity contribution in [1.82, 2.24) is 9.97 Å². The molecule has 1 aliphatic rings. The summed E-state index contributed by atoms with van der Waals surface area (Å²) in [6.07, 6.45) is 2.54. The first-order valence-electron chi connectivity index (χ1n) is 6.45. The Labute approximate surface area is 111 Å². The molecule has 2 aromatic heterocycles. The minimum atomic E-state index is 0.657. The van der Waals surface area contributed by atoms with Crippen LogP contribution in [0.2, 0.25) is 0 Å². The van der Waals surface area contributed by atoms with Crippen molar-refractivity contribution >= 4 is 17.2 Å². The maximum absolute atomic E-state index is 4.74. The summed E-state index contributed by atoms with van der Waals surface area (Å²) in [6.45, 7) is 5.10. The van der Waals surface area contributed by atoms with Crippen molar-refractivity contribution in [3.8, 4) is 10.7 Å². The quantitative estimate of drug-likeness (QED) is 0.907. The Morgan fingerprint density at radius 3 is 2.83 bits per heavy atom. The number of nitrogens with one attached hydrogen (secondary N) is 1. The fourth-order valence-electron chi connectivity index (χ4n) is 2.03. The van der Waals surface area contributed by atoms with E-state index in [2.05, 4.69) is 41.7 Å². The Morgan fingerprint density at radius 2 is 2.22 bits per heavy atom. The lowest BCUT2D eigenvalue weighted by Crippen LogP contribution is -2.03. The summed E-state index contributed by atoms with van der Waals surface area (Å²) < 4.78 is 0. The van der Waals surface area contributed by atoms with Crippen LogP contribution in [0.3, 0.4) is 0 Å². The zero-order valence-corrected chi connectivity index (χ0v) is 11.5. The van der Waals surface area contributed by atoms with Crippen molar-refractivity contribution < 1.29 is 0 Å². The van der Waals surface area contributed by atoms with E-state index in [4.69, 9.17) is 4.98 Å². The second-order valence-corrected chi connectivity index (χ2v) is 5.66. The van der Waals surface area contributed by atoms with Crippen LogP contribution in [0.4, 0.5) is 5.82 Å². The maximum Gasteiger partial charge on any atom is 0.172 e. The van der Waals surface area contributed by atoms with Crippen molar-refractivity contribution in [3.63, 3.8) is 0 Å². The molecule has 0 spiro atoms. The molecular weight excluding hydrogens is 242 g/mol. The fraction of sp³-hybridized carbons (Fsp3) is 0.429.